The van der Waals surface area contributed by atoms with E-state index in [2.05, 4.69) is 11.9 Å². The van der Waals surface area contributed by atoms with Crippen LogP contribution in [0.1, 0.15) is 23.8 Å². The molecule has 3 rings (SSSR count). The molecule has 8 heteroatoms. The maximum absolute atomic E-state index is 13.8. The fourth-order valence-corrected chi connectivity index (χ4v) is 3.48. The first-order valence-electron chi connectivity index (χ1n) is 7.22. The van der Waals surface area contributed by atoms with Crippen LogP contribution >= 0.6 is 36.2 Å². The smallest absolute Gasteiger partial charge is 0.273 e. The van der Waals surface area contributed by atoms with E-state index in [-0.39, 0.29) is 42.0 Å². The number of carbonyl (C=O) groups is 1. The molecular weight excluding hydrogens is 372 g/mol. The molecule has 0 spiro atoms. The average molecular weight is 392 g/mol. The summed E-state index contributed by atoms with van der Waals surface area (Å²) in [5, 5.41) is 2.23. The Morgan fingerprint density at radius 2 is 2.12 bits per heavy atom. The van der Waals surface area contributed by atoms with Gasteiger partial charge in [-0.15, -0.1) is 36.2 Å². The Morgan fingerprint density at radius 1 is 1.42 bits per heavy atom. The number of thiazole rings is 1. The number of hydrogen-bond donors (Lipinski definition) is 1. The van der Waals surface area contributed by atoms with Crippen molar-refractivity contribution in [3.05, 3.63) is 41.2 Å². The van der Waals surface area contributed by atoms with Crippen LogP contribution in [0.25, 0.3) is 10.6 Å². The maximum atomic E-state index is 13.8. The molecule has 1 aliphatic heterocycles. The Bertz CT molecular complexity index is 712. The summed E-state index contributed by atoms with van der Waals surface area (Å²) in [7, 11) is 0. The topological polar surface area (TPSA) is 59.2 Å². The first-order valence-corrected chi connectivity index (χ1v) is 8.10. The third kappa shape index (κ3) is 4.06. The Labute approximate surface area is 157 Å². The Kier molecular flexibility index (Phi) is 7.16. The lowest BCUT2D eigenvalue weighted by atomic mass is 9.90. The third-order valence-electron chi connectivity index (χ3n) is 4.17. The molecule has 1 amide bonds. The first-order chi connectivity index (χ1) is 10.5. The lowest BCUT2D eigenvalue weighted by molar-refractivity contribution is 0.0772. The molecule has 1 fully saturated rings. The predicted molar refractivity (Wildman–Crippen MR) is 99.7 cm³/mol. The first kappa shape index (κ1) is 20.8. The van der Waals surface area contributed by atoms with Gasteiger partial charge in [0.25, 0.3) is 5.91 Å². The van der Waals surface area contributed by atoms with E-state index in [9.17, 15) is 9.18 Å². The van der Waals surface area contributed by atoms with Gasteiger partial charge in [-0.2, -0.15) is 0 Å². The van der Waals surface area contributed by atoms with Crippen molar-refractivity contribution in [1.82, 2.24) is 9.88 Å². The van der Waals surface area contributed by atoms with Gasteiger partial charge >= 0.3 is 0 Å². The summed E-state index contributed by atoms with van der Waals surface area (Å²) in [5.74, 6) is -0.427. The normalized spacial score (nSPS) is 19.5. The lowest BCUT2D eigenvalue weighted by Gasteiger charge is -2.22. The average Bonchev–Trinajstić information content (AvgIpc) is 3.15. The van der Waals surface area contributed by atoms with E-state index in [0.717, 1.165) is 6.42 Å². The summed E-state index contributed by atoms with van der Waals surface area (Å²) in [6, 6.07) is 6.46. The van der Waals surface area contributed by atoms with E-state index in [1.165, 1.54) is 17.4 Å². The van der Waals surface area contributed by atoms with E-state index in [1.54, 1.807) is 28.5 Å². The molecule has 1 saturated heterocycles. The number of carbonyl (C=O) groups excluding carboxylic acids is 1. The highest BCUT2D eigenvalue weighted by Crippen LogP contribution is 2.31. The summed E-state index contributed by atoms with van der Waals surface area (Å²) in [4.78, 5) is 18.6. The van der Waals surface area contributed by atoms with Crippen LogP contribution in [0, 0.1) is 11.2 Å². The minimum atomic E-state index is -0.326. The number of aromatic nitrogens is 1. The molecule has 2 heterocycles. The maximum Gasteiger partial charge on any atom is 0.273 e. The van der Waals surface area contributed by atoms with Crippen LogP contribution in [0.2, 0.25) is 0 Å². The molecule has 2 N–H and O–H groups in total. The highest BCUT2D eigenvalue weighted by atomic mass is 35.5. The van der Waals surface area contributed by atoms with E-state index in [1.807, 2.05) is 0 Å². The molecule has 0 bridgehead atoms. The molecule has 1 aromatic carbocycles. The van der Waals surface area contributed by atoms with Gasteiger partial charge < -0.3 is 10.6 Å². The SMILES string of the molecule is CC1(CN)CCN(C(=O)c2csc(-c3ccccc3F)n2)C1.Cl.Cl. The number of halogens is 3. The van der Waals surface area contributed by atoms with E-state index in [4.69, 9.17) is 5.73 Å². The van der Waals surface area contributed by atoms with Gasteiger partial charge in [0.15, 0.2) is 0 Å². The second-order valence-electron chi connectivity index (χ2n) is 6.01. The summed E-state index contributed by atoms with van der Waals surface area (Å²) >= 11 is 1.29. The quantitative estimate of drug-likeness (QED) is 0.868. The molecule has 0 aliphatic carbocycles. The fourth-order valence-electron chi connectivity index (χ4n) is 2.66. The van der Waals surface area contributed by atoms with Gasteiger partial charge in [-0.1, -0.05) is 19.1 Å². The van der Waals surface area contributed by atoms with Gasteiger partial charge in [-0.25, -0.2) is 9.37 Å². The van der Waals surface area contributed by atoms with Gasteiger partial charge in [-0.3, -0.25) is 4.79 Å². The van der Waals surface area contributed by atoms with Crippen molar-refractivity contribution in [2.45, 2.75) is 13.3 Å². The fraction of sp³-hybridized carbons (Fsp3) is 0.375. The number of likely N-dealkylation sites (tertiary alicyclic amines) is 1. The number of rotatable bonds is 3. The molecule has 24 heavy (non-hydrogen) atoms. The molecule has 1 atom stereocenters. The number of amides is 1. The molecule has 1 aliphatic rings. The van der Waals surface area contributed by atoms with Gasteiger partial charge in [0.1, 0.15) is 16.5 Å². The number of nitrogens with zero attached hydrogens (tertiary/aromatic N) is 2. The van der Waals surface area contributed by atoms with Crippen LogP contribution < -0.4 is 5.73 Å². The minimum absolute atomic E-state index is 0. The Balaban J connectivity index is 0.00000144. The molecule has 0 radical (unpaired) electrons. The highest BCUT2D eigenvalue weighted by molar-refractivity contribution is 7.13. The van der Waals surface area contributed by atoms with E-state index < -0.39 is 0 Å². The van der Waals surface area contributed by atoms with Crippen LogP contribution in [-0.2, 0) is 0 Å². The van der Waals surface area contributed by atoms with Crippen molar-refractivity contribution in [1.29, 1.82) is 0 Å². The number of nitrogens with two attached hydrogens (primary N) is 1. The van der Waals surface area contributed by atoms with Crippen LogP contribution in [0.4, 0.5) is 4.39 Å². The van der Waals surface area contributed by atoms with Crippen LogP contribution in [-0.4, -0.2) is 35.4 Å². The van der Waals surface area contributed by atoms with E-state index >= 15 is 0 Å². The molecule has 132 valence electrons. The Morgan fingerprint density at radius 3 is 2.75 bits per heavy atom. The summed E-state index contributed by atoms with van der Waals surface area (Å²) in [5.41, 5.74) is 6.57. The van der Waals surface area contributed by atoms with Gasteiger partial charge in [0.2, 0.25) is 0 Å². The molecular formula is C16H20Cl2FN3OS. The third-order valence-corrected chi connectivity index (χ3v) is 5.04. The van der Waals surface area contributed by atoms with Crippen molar-refractivity contribution in [2.75, 3.05) is 19.6 Å². The number of benzene rings is 1. The number of hydrogen-bond acceptors (Lipinski definition) is 4. The predicted octanol–water partition coefficient (Wildman–Crippen LogP) is 3.60. The van der Waals surface area contributed by atoms with Crippen LogP contribution in [0.3, 0.4) is 0 Å². The zero-order valence-corrected chi connectivity index (χ0v) is 15.6. The summed E-state index contributed by atoms with van der Waals surface area (Å²) < 4.78 is 13.8. The zero-order valence-electron chi connectivity index (χ0n) is 13.2. The van der Waals surface area contributed by atoms with Crippen molar-refractivity contribution in [3.8, 4) is 10.6 Å². The van der Waals surface area contributed by atoms with Gasteiger partial charge in [-0.05, 0) is 30.5 Å². The van der Waals surface area contributed by atoms with Gasteiger partial charge in [0.05, 0.1) is 0 Å². The van der Waals surface area contributed by atoms with E-state index in [0.29, 0.717) is 35.9 Å². The van der Waals surface area contributed by atoms with Gasteiger partial charge in [0, 0.05) is 24.0 Å². The van der Waals surface area contributed by atoms with Crippen molar-refractivity contribution >= 4 is 42.1 Å². The Hall–Kier alpha value is -1.21. The largest absolute Gasteiger partial charge is 0.337 e. The standard InChI is InChI=1S/C16H18FN3OS.2ClH/c1-16(9-18)6-7-20(10-16)15(21)13-8-22-14(19-13)11-4-2-3-5-12(11)17;;/h2-5,8H,6-7,9-10,18H2,1H3;2*1H. The highest BCUT2D eigenvalue weighted by Gasteiger charge is 2.35. The second kappa shape index (κ2) is 8.25. The molecule has 1 unspecified atom stereocenters. The summed E-state index contributed by atoms with van der Waals surface area (Å²) in [6.45, 7) is 3.99. The molecule has 1 aromatic heterocycles. The van der Waals surface area contributed by atoms with Crippen molar-refractivity contribution in [2.24, 2.45) is 11.1 Å². The molecule has 2 aromatic rings. The lowest BCUT2D eigenvalue weighted by Crippen LogP contribution is -2.34. The molecule has 0 saturated carbocycles. The van der Waals surface area contributed by atoms with Crippen molar-refractivity contribution < 1.29 is 9.18 Å². The van der Waals surface area contributed by atoms with Crippen LogP contribution in [0.5, 0.6) is 0 Å². The second-order valence-corrected chi connectivity index (χ2v) is 6.87. The monoisotopic (exact) mass is 391 g/mol. The van der Waals surface area contributed by atoms with Crippen molar-refractivity contribution in [3.63, 3.8) is 0 Å². The molecule has 4 nitrogen and oxygen atoms in total. The zero-order chi connectivity index (χ0) is 15.7. The van der Waals surface area contributed by atoms with Crippen LogP contribution in [0.15, 0.2) is 29.6 Å². The minimum Gasteiger partial charge on any atom is -0.337 e. The summed E-state index contributed by atoms with van der Waals surface area (Å²) in [6.07, 6.45) is 0.902.